The first-order valence-corrected chi connectivity index (χ1v) is 7.93. The molecule has 1 atom stereocenters. The zero-order valence-electron chi connectivity index (χ0n) is 11.9. The Labute approximate surface area is 122 Å². The summed E-state index contributed by atoms with van der Waals surface area (Å²) in [5.41, 5.74) is 3.16. The fourth-order valence-corrected chi connectivity index (χ4v) is 2.86. The van der Waals surface area contributed by atoms with Gasteiger partial charge in [-0.1, -0.05) is 36.4 Å². The van der Waals surface area contributed by atoms with E-state index in [1.165, 1.54) is 0 Å². The Morgan fingerprint density at radius 2 is 1.85 bits per heavy atom. The van der Waals surface area contributed by atoms with Gasteiger partial charge in [-0.15, -0.1) is 0 Å². The fraction of sp³-hybridized carbons (Fsp3) is 0.176. The van der Waals surface area contributed by atoms with E-state index in [1.807, 2.05) is 55.5 Å². The second kappa shape index (κ2) is 6.53. The highest BCUT2D eigenvalue weighted by Gasteiger charge is 2.09. The van der Waals surface area contributed by atoms with Gasteiger partial charge < -0.3 is 4.74 Å². The smallest absolute Gasteiger partial charge is 0.119 e. The summed E-state index contributed by atoms with van der Waals surface area (Å²) in [5.74, 6) is 0.773. The van der Waals surface area contributed by atoms with Crippen molar-refractivity contribution in [1.82, 2.24) is 0 Å². The molecule has 0 amide bonds. The third kappa shape index (κ3) is 3.36. The van der Waals surface area contributed by atoms with Gasteiger partial charge in [0.2, 0.25) is 0 Å². The summed E-state index contributed by atoms with van der Waals surface area (Å²) in [5, 5.41) is 0. The van der Waals surface area contributed by atoms with Crippen molar-refractivity contribution in [2.75, 3.05) is 13.4 Å². The van der Waals surface area contributed by atoms with Crippen LogP contribution in [0.1, 0.15) is 18.1 Å². The molecule has 2 nitrogen and oxygen atoms in total. The van der Waals surface area contributed by atoms with E-state index >= 15 is 0 Å². The fourth-order valence-electron chi connectivity index (χ4n) is 2.07. The van der Waals surface area contributed by atoms with E-state index in [0.717, 1.165) is 27.3 Å². The van der Waals surface area contributed by atoms with E-state index in [4.69, 9.17) is 4.74 Å². The molecule has 0 bridgehead atoms. The molecule has 0 saturated heterocycles. The topological polar surface area (TPSA) is 26.3 Å². The van der Waals surface area contributed by atoms with Gasteiger partial charge in [-0.2, -0.15) is 0 Å². The van der Waals surface area contributed by atoms with Crippen LogP contribution in [0.2, 0.25) is 0 Å². The molecule has 0 heterocycles. The highest BCUT2D eigenvalue weighted by Crippen LogP contribution is 2.27. The molecule has 0 aromatic heterocycles. The normalized spacial score (nSPS) is 13.1. The Kier molecular flexibility index (Phi) is 4.74. The molecular weight excluding hydrogens is 268 g/mol. The average Bonchev–Trinajstić information content (AvgIpc) is 2.47. The highest BCUT2D eigenvalue weighted by atomic mass is 32.2. The Hall–Kier alpha value is -1.87. The van der Waals surface area contributed by atoms with Crippen LogP contribution in [0.3, 0.4) is 0 Å². The number of rotatable bonds is 4. The van der Waals surface area contributed by atoms with Crippen molar-refractivity contribution in [3.63, 3.8) is 0 Å². The van der Waals surface area contributed by atoms with Gasteiger partial charge in [-0.05, 0) is 41.8 Å². The molecule has 0 radical (unpaired) electrons. The molecule has 0 aliphatic carbocycles. The van der Waals surface area contributed by atoms with Gasteiger partial charge in [-0.25, -0.2) is 0 Å². The zero-order valence-corrected chi connectivity index (χ0v) is 12.7. The Morgan fingerprint density at radius 3 is 2.45 bits per heavy atom. The Balaban J connectivity index is 2.50. The molecule has 0 fully saturated rings. The van der Waals surface area contributed by atoms with Gasteiger partial charge in [0.1, 0.15) is 5.75 Å². The van der Waals surface area contributed by atoms with Crippen LogP contribution in [0, 0.1) is 0 Å². The molecule has 0 spiro atoms. The van der Waals surface area contributed by atoms with Gasteiger partial charge in [0.25, 0.3) is 0 Å². The van der Waals surface area contributed by atoms with Crippen LogP contribution in [0.15, 0.2) is 53.4 Å². The molecule has 0 aliphatic rings. The predicted molar refractivity (Wildman–Crippen MR) is 85.3 cm³/mol. The predicted octanol–water partition coefficient (Wildman–Crippen LogP) is 3.99. The van der Waals surface area contributed by atoms with E-state index in [-0.39, 0.29) is 0 Å². The van der Waals surface area contributed by atoms with Crippen molar-refractivity contribution in [3.8, 4) is 5.75 Å². The summed E-state index contributed by atoms with van der Waals surface area (Å²) in [4.78, 5) is 0.829. The van der Waals surface area contributed by atoms with Crippen molar-refractivity contribution in [1.29, 1.82) is 0 Å². The first-order chi connectivity index (χ1) is 9.61. The Bertz CT molecular complexity index is 645. The maximum Gasteiger partial charge on any atom is 0.119 e. The third-order valence-corrected chi connectivity index (χ3v) is 4.08. The van der Waals surface area contributed by atoms with E-state index < -0.39 is 10.8 Å². The largest absolute Gasteiger partial charge is 0.497 e. The maximum absolute atomic E-state index is 11.9. The van der Waals surface area contributed by atoms with Crippen molar-refractivity contribution in [2.45, 2.75) is 11.8 Å². The molecule has 2 aromatic rings. The minimum absolute atomic E-state index is 0.773. The second-order valence-corrected chi connectivity index (χ2v) is 5.90. The van der Waals surface area contributed by atoms with Crippen LogP contribution < -0.4 is 4.74 Å². The van der Waals surface area contributed by atoms with Gasteiger partial charge in [0, 0.05) is 11.2 Å². The number of methoxy groups -OCH3 is 1. The lowest BCUT2D eigenvalue weighted by Crippen LogP contribution is -1.95. The van der Waals surface area contributed by atoms with Crippen LogP contribution in [0.25, 0.3) is 11.6 Å². The summed E-state index contributed by atoms with van der Waals surface area (Å²) in [6, 6.07) is 15.7. The summed E-state index contributed by atoms with van der Waals surface area (Å²) >= 11 is 0. The maximum atomic E-state index is 11.9. The van der Waals surface area contributed by atoms with Crippen LogP contribution in [0.5, 0.6) is 5.75 Å². The minimum atomic E-state index is -1.03. The van der Waals surface area contributed by atoms with E-state index in [1.54, 1.807) is 13.4 Å². The van der Waals surface area contributed by atoms with Crippen LogP contribution in [-0.2, 0) is 10.8 Å². The molecule has 0 N–H and O–H groups in total. The second-order valence-electron chi connectivity index (χ2n) is 4.55. The summed E-state index contributed by atoms with van der Waals surface area (Å²) in [6.07, 6.45) is 3.78. The minimum Gasteiger partial charge on any atom is -0.497 e. The molecule has 104 valence electrons. The number of allylic oxidation sites excluding steroid dienone is 1. The molecule has 3 heteroatoms. The van der Waals surface area contributed by atoms with Crippen molar-refractivity contribution >= 4 is 22.4 Å². The lowest BCUT2D eigenvalue weighted by molar-refractivity contribution is 0.414. The number of benzene rings is 2. The molecule has 1 unspecified atom stereocenters. The monoisotopic (exact) mass is 286 g/mol. The Morgan fingerprint density at radius 1 is 1.15 bits per heavy atom. The SMILES string of the molecule is COc1ccc(S(C)=O)c(/C(C)=C/c2ccccc2)c1. The van der Waals surface area contributed by atoms with Crippen molar-refractivity contribution in [2.24, 2.45) is 0 Å². The number of hydrogen-bond donors (Lipinski definition) is 0. The quantitative estimate of drug-likeness (QED) is 0.794. The van der Waals surface area contributed by atoms with Gasteiger partial charge in [0.05, 0.1) is 17.9 Å². The molecule has 20 heavy (non-hydrogen) atoms. The van der Waals surface area contributed by atoms with E-state index in [9.17, 15) is 4.21 Å². The summed E-state index contributed by atoms with van der Waals surface area (Å²) in [6.45, 7) is 2.03. The van der Waals surface area contributed by atoms with Crippen LogP contribution >= 0.6 is 0 Å². The van der Waals surface area contributed by atoms with Gasteiger partial charge in [-0.3, -0.25) is 4.21 Å². The van der Waals surface area contributed by atoms with Gasteiger partial charge >= 0.3 is 0 Å². The third-order valence-electron chi connectivity index (χ3n) is 3.10. The lowest BCUT2D eigenvalue weighted by Gasteiger charge is -2.10. The average molecular weight is 286 g/mol. The number of hydrogen-bond acceptors (Lipinski definition) is 2. The number of ether oxygens (including phenoxy) is 1. The zero-order chi connectivity index (χ0) is 14.5. The van der Waals surface area contributed by atoms with E-state index in [2.05, 4.69) is 6.08 Å². The first-order valence-electron chi connectivity index (χ1n) is 6.37. The van der Waals surface area contributed by atoms with Crippen molar-refractivity contribution in [3.05, 3.63) is 59.7 Å². The highest BCUT2D eigenvalue weighted by molar-refractivity contribution is 7.84. The summed E-state index contributed by atoms with van der Waals surface area (Å²) in [7, 11) is 0.611. The van der Waals surface area contributed by atoms with Crippen LogP contribution in [-0.4, -0.2) is 17.6 Å². The molecule has 2 aromatic carbocycles. The van der Waals surface area contributed by atoms with E-state index in [0.29, 0.717) is 0 Å². The summed E-state index contributed by atoms with van der Waals surface area (Å²) < 4.78 is 17.1. The molecule has 0 saturated carbocycles. The standard InChI is InChI=1S/C17H18O2S/c1-13(11-14-7-5-4-6-8-14)16-12-15(19-2)9-10-17(16)20(3)18/h4-12H,1-3H3/b13-11+. The van der Waals surface area contributed by atoms with Crippen molar-refractivity contribution < 1.29 is 8.95 Å². The van der Waals surface area contributed by atoms with Gasteiger partial charge in [0.15, 0.2) is 0 Å². The first kappa shape index (κ1) is 14.5. The van der Waals surface area contributed by atoms with Crippen LogP contribution in [0.4, 0.5) is 0 Å². The molecule has 0 aliphatic heterocycles. The lowest BCUT2D eigenvalue weighted by atomic mass is 10.0. The molecule has 2 rings (SSSR count). The molecular formula is C17H18O2S.